The molecule has 1 heterocycles. The Balaban J connectivity index is 1.11. The Hall–Kier alpha value is -6.90. The van der Waals surface area contributed by atoms with Crippen LogP contribution in [0, 0.1) is 0 Å². The van der Waals surface area contributed by atoms with Crippen molar-refractivity contribution in [2.24, 2.45) is 0 Å². The second-order valence-corrected chi connectivity index (χ2v) is 13.3. The molecule has 0 bridgehead atoms. The van der Waals surface area contributed by atoms with E-state index in [-0.39, 0.29) is 0 Å². The molecule has 0 fully saturated rings. The van der Waals surface area contributed by atoms with Crippen molar-refractivity contribution in [1.82, 2.24) is 0 Å². The first-order valence-electron chi connectivity index (χ1n) is 17.8. The first-order valence-corrected chi connectivity index (χ1v) is 17.8. The molecule has 52 heavy (non-hydrogen) atoms. The van der Waals surface area contributed by atoms with E-state index in [4.69, 9.17) is 4.42 Å². The van der Waals surface area contributed by atoms with Gasteiger partial charge < -0.3 is 9.32 Å². The van der Waals surface area contributed by atoms with Crippen LogP contribution in [0.5, 0.6) is 0 Å². The van der Waals surface area contributed by atoms with Gasteiger partial charge in [-0.25, -0.2) is 0 Å². The van der Waals surface area contributed by atoms with Crippen LogP contribution >= 0.6 is 0 Å². The molecular formula is C50H33NO. The molecule has 10 aromatic rings. The van der Waals surface area contributed by atoms with Gasteiger partial charge in [0.1, 0.15) is 11.2 Å². The Labute approximate surface area is 302 Å². The van der Waals surface area contributed by atoms with E-state index < -0.39 is 0 Å². The van der Waals surface area contributed by atoms with Crippen molar-refractivity contribution in [3.05, 3.63) is 200 Å². The lowest BCUT2D eigenvalue weighted by atomic mass is 9.97. The molecule has 0 aliphatic rings. The highest BCUT2D eigenvalue weighted by molar-refractivity contribution is 6.11. The summed E-state index contributed by atoms with van der Waals surface area (Å²) in [5.41, 5.74) is 12.1. The van der Waals surface area contributed by atoms with Crippen molar-refractivity contribution < 1.29 is 4.42 Å². The predicted molar refractivity (Wildman–Crippen MR) is 220 cm³/mol. The summed E-state index contributed by atoms with van der Waals surface area (Å²) >= 11 is 0. The summed E-state index contributed by atoms with van der Waals surface area (Å²) < 4.78 is 6.52. The fourth-order valence-corrected chi connectivity index (χ4v) is 7.67. The zero-order valence-corrected chi connectivity index (χ0v) is 28.4. The molecule has 0 saturated carbocycles. The van der Waals surface area contributed by atoms with Gasteiger partial charge in [-0.2, -0.15) is 0 Å². The third kappa shape index (κ3) is 5.21. The molecule has 0 aliphatic carbocycles. The summed E-state index contributed by atoms with van der Waals surface area (Å²) in [6.07, 6.45) is 0. The van der Waals surface area contributed by atoms with Crippen molar-refractivity contribution in [2.75, 3.05) is 4.90 Å². The van der Waals surface area contributed by atoms with Crippen LogP contribution in [0.2, 0.25) is 0 Å². The number of para-hydroxylation sites is 1. The second-order valence-electron chi connectivity index (χ2n) is 13.3. The molecule has 2 nitrogen and oxygen atoms in total. The minimum Gasteiger partial charge on any atom is -0.456 e. The second kappa shape index (κ2) is 12.5. The smallest absolute Gasteiger partial charge is 0.136 e. The Morgan fingerprint density at radius 2 is 0.865 bits per heavy atom. The van der Waals surface area contributed by atoms with E-state index in [0.717, 1.165) is 50.1 Å². The SMILES string of the molecule is c1ccc(-c2ccc(N(c3ccc(-c4cccc5ccccc45)cc3)c3ccccc3-c3ccc4c(c3)oc3cc5ccccc5cc34)cc2)cc1. The molecule has 2 heteroatoms. The van der Waals surface area contributed by atoms with Gasteiger partial charge >= 0.3 is 0 Å². The van der Waals surface area contributed by atoms with Gasteiger partial charge in [0.15, 0.2) is 0 Å². The normalized spacial score (nSPS) is 11.5. The van der Waals surface area contributed by atoms with E-state index >= 15 is 0 Å². The number of fused-ring (bicyclic) bond motifs is 5. The number of hydrogen-bond acceptors (Lipinski definition) is 2. The Bertz CT molecular complexity index is 2880. The van der Waals surface area contributed by atoms with Crippen LogP contribution < -0.4 is 4.90 Å². The number of hydrogen-bond donors (Lipinski definition) is 0. The van der Waals surface area contributed by atoms with E-state index in [9.17, 15) is 0 Å². The van der Waals surface area contributed by atoms with Gasteiger partial charge in [0.05, 0.1) is 5.69 Å². The van der Waals surface area contributed by atoms with Crippen LogP contribution in [0.3, 0.4) is 0 Å². The molecular weight excluding hydrogens is 631 g/mol. The predicted octanol–water partition coefficient (Wildman–Crippen LogP) is 14.4. The summed E-state index contributed by atoms with van der Waals surface area (Å²) in [5, 5.41) is 7.16. The average molecular weight is 664 g/mol. The first kappa shape index (κ1) is 30.0. The zero-order valence-electron chi connectivity index (χ0n) is 28.4. The van der Waals surface area contributed by atoms with Crippen LogP contribution in [0.1, 0.15) is 0 Å². The maximum absolute atomic E-state index is 6.52. The standard InChI is InChI=1S/C50H33NO/c1-2-11-34(12-3-1)35-21-26-41(27-22-35)51(42-28-23-37(24-29-42)44-19-10-16-36-13-6-7-17-43(36)44)48-20-9-8-18-45(48)40-25-30-46-47-31-38-14-4-5-15-39(38)32-50(47)52-49(46)33-40/h1-33H. The molecule has 0 unspecified atom stereocenters. The van der Waals surface area contributed by atoms with Gasteiger partial charge in [-0.1, -0.05) is 146 Å². The monoisotopic (exact) mass is 663 g/mol. The van der Waals surface area contributed by atoms with Crippen molar-refractivity contribution >= 4 is 60.5 Å². The van der Waals surface area contributed by atoms with Crippen LogP contribution in [0.15, 0.2) is 205 Å². The van der Waals surface area contributed by atoms with Crippen molar-refractivity contribution in [3.63, 3.8) is 0 Å². The number of nitrogens with zero attached hydrogens (tertiary/aromatic N) is 1. The summed E-state index contributed by atoms with van der Waals surface area (Å²) in [7, 11) is 0. The third-order valence-corrected chi connectivity index (χ3v) is 10.3. The first-order chi connectivity index (χ1) is 25.8. The molecule has 0 aliphatic heterocycles. The number of rotatable bonds is 6. The maximum Gasteiger partial charge on any atom is 0.136 e. The highest BCUT2D eigenvalue weighted by Gasteiger charge is 2.19. The molecule has 244 valence electrons. The maximum atomic E-state index is 6.52. The lowest BCUT2D eigenvalue weighted by molar-refractivity contribution is 0.669. The van der Waals surface area contributed by atoms with E-state index in [1.807, 2.05) is 0 Å². The topological polar surface area (TPSA) is 16.4 Å². The van der Waals surface area contributed by atoms with Crippen LogP contribution in [-0.2, 0) is 0 Å². The molecule has 1 aromatic heterocycles. The largest absolute Gasteiger partial charge is 0.456 e. The Morgan fingerprint density at radius 1 is 0.308 bits per heavy atom. The molecule has 0 saturated heterocycles. The van der Waals surface area contributed by atoms with Crippen molar-refractivity contribution in [2.45, 2.75) is 0 Å². The Morgan fingerprint density at radius 3 is 1.65 bits per heavy atom. The van der Waals surface area contributed by atoms with Gasteiger partial charge in [0.2, 0.25) is 0 Å². The number of furan rings is 1. The van der Waals surface area contributed by atoms with Gasteiger partial charge in [0, 0.05) is 27.7 Å². The van der Waals surface area contributed by atoms with Crippen molar-refractivity contribution in [1.29, 1.82) is 0 Å². The molecule has 0 N–H and O–H groups in total. The summed E-state index contributed by atoms with van der Waals surface area (Å²) in [5.74, 6) is 0. The number of benzene rings is 9. The third-order valence-electron chi connectivity index (χ3n) is 10.3. The van der Waals surface area contributed by atoms with E-state index in [0.29, 0.717) is 0 Å². The molecule has 0 spiro atoms. The van der Waals surface area contributed by atoms with E-state index in [1.165, 1.54) is 43.8 Å². The fraction of sp³-hybridized carbons (Fsp3) is 0. The van der Waals surface area contributed by atoms with E-state index in [2.05, 4.69) is 205 Å². The molecule has 9 aromatic carbocycles. The number of anilines is 3. The minimum atomic E-state index is 0.885. The summed E-state index contributed by atoms with van der Waals surface area (Å²) in [6.45, 7) is 0. The van der Waals surface area contributed by atoms with Crippen LogP contribution in [0.4, 0.5) is 17.1 Å². The summed E-state index contributed by atoms with van der Waals surface area (Å²) in [4.78, 5) is 2.37. The fourth-order valence-electron chi connectivity index (χ4n) is 7.67. The lowest BCUT2D eigenvalue weighted by Gasteiger charge is -2.28. The highest BCUT2D eigenvalue weighted by Crippen LogP contribution is 2.43. The lowest BCUT2D eigenvalue weighted by Crippen LogP contribution is -2.11. The molecule has 0 radical (unpaired) electrons. The average Bonchev–Trinajstić information content (AvgIpc) is 3.57. The highest BCUT2D eigenvalue weighted by atomic mass is 16.3. The molecule has 0 atom stereocenters. The Kier molecular flexibility index (Phi) is 7.18. The van der Waals surface area contributed by atoms with Gasteiger partial charge in [-0.15, -0.1) is 0 Å². The van der Waals surface area contributed by atoms with Crippen molar-refractivity contribution in [3.8, 4) is 33.4 Å². The van der Waals surface area contributed by atoms with Gasteiger partial charge in [-0.05, 0) is 104 Å². The van der Waals surface area contributed by atoms with Gasteiger partial charge in [0.25, 0.3) is 0 Å². The van der Waals surface area contributed by atoms with Gasteiger partial charge in [-0.3, -0.25) is 0 Å². The van der Waals surface area contributed by atoms with E-state index in [1.54, 1.807) is 0 Å². The zero-order chi connectivity index (χ0) is 34.4. The van der Waals surface area contributed by atoms with Crippen LogP contribution in [0.25, 0.3) is 76.9 Å². The quantitative estimate of drug-likeness (QED) is 0.176. The summed E-state index contributed by atoms with van der Waals surface area (Å²) in [6, 6.07) is 71.7. The van der Waals surface area contributed by atoms with Crippen LogP contribution in [-0.4, -0.2) is 0 Å². The minimum absolute atomic E-state index is 0.885. The molecule has 0 amide bonds. The molecule has 10 rings (SSSR count).